The number of ether oxygens (including phenoxy) is 1. The van der Waals surface area contributed by atoms with Crippen LogP contribution in [0.4, 0.5) is 13.2 Å². The molecule has 3 heterocycles. The Labute approximate surface area is 204 Å². The SMILES string of the molecule is O=C(N[C@@H]1Cc2cc(Cl)ccc2-n2c(nnc2[C@H]2CC[C@H](Oc3ccccn3)CC2)C1)C(F)(F)F. The maximum Gasteiger partial charge on any atom is 0.471 e. The number of halogens is 4. The van der Waals surface area contributed by atoms with Crippen molar-refractivity contribution in [2.24, 2.45) is 0 Å². The third kappa shape index (κ3) is 5.12. The van der Waals surface area contributed by atoms with E-state index in [1.54, 1.807) is 18.3 Å². The second-order valence-corrected chi connectivity index (χ2v) is 9.36. The zero-order chi connectivity index (χ0) is 24.6. The van der Waals surface area contributed by atoms with Crippen molar-refractivity contribution in [1.29, 1.82) is 0 Å². The van der Waals surface area contributed by atoms with Crippen molar-refractivity contribution in [2.45, 2.75) is 62.8 Å². The van der Waals surface area contributed by atoms with E-state index in [1.807, 2.05) is 28.8 Å². The molecular formula is C24H23ClF3N5O2. The predicted octanol–water partition coefficient (Wildman–Crippen LogP) is 4.57. The predicted molar refractivity (Wildman–Crippen MR) is 122 cm³/mol. The number of nitrogens with zero attached hydrogens (tertiary/aromatic N) is 4. The Bertz CT molecular complexity index is 1210. The number of carbonyl (C=O) groups excluding carboxylic acids is 1. The van der Waals surface area contributed by atoms with E-state index >= 15 is 0 Å². The van der Waals surface area contributed by atoms with Crippen LogP contribution in [-0.2, 0) is 17.6 Å². The van der Waals surface area contributed by atoms with Crippen molar-refractivity contribution in [1.82, 2.24) is 25.1 Å². The summed E-state index contributed by atoms with van der Waals surface area (Å²) in [5.41, 5.74) is 1.51. The van der Waals surface area contributed by atoms with Crippen LogP contribution in [0.2, 0.25) is 5.02 Å². The van der Waals surface area contributed by atoms with E-state index in [9.17, 15) is 18.0 Å². The highest BCUT2D eigenvalue weighted by Crippen LogP contribution is 2.37. The first-order valence-corrected chi connectivity index (χ1v) is 11.8. The summed E-state index contributed by atoms with van der Waals surface area (Å²) in [7, 11) is 0. The van der Waals surface area contributed by atoms with Gasteiger partial charge in [0, 0.05) is 35.7 Å². The molecule has 1 aromatic carbocycles. The Morgan fingerprint density at radius 3 is 2.60 bits per heavy atom. The molecule has 1 saturated carbocycles. The summed E-state index contributed by atoms with van der Waals surface area (Å²) in [5.74, 6) is 0.0308. The van der Waals surface area contributed by atoms with Crippen molar-refractivity contribution >= 4 is 17.5 Å². The highest BCUT2D eigenvalue weighted by molar-refractivity contribution is 6.30. The monoisotopic (exact) mass is 505 g/mol. The molecular weight excluding hydrogens is 483 g/mol. The summed E-state index contributed by atoms with van der Waals surface area (Å²) in [6, 6.07) is 10.1. The molecule has 1 atom stereocenters. The molecule has 1 amide bonds. The van der Waals surface area contributed by atoms with Crippen LogP contribution in [0, 0.1) is 0 Å². The molecule has 7 nitrogen and oxygen atoms in total. The van der Waals surface area contributed by atoms with E-state index in [-0.39, 0.29) is 24.9 Å². The van der Waals surface area contributed by atoms with Crippen LogP contribution in [0.3, 0.4) is 0 Å². The Hall–Kier alpha value is -3.14. The van der Waals surface area contributed by atoms with Crippen LogP contribution in [0.1, 0.15) is 48.8 Å². The lowest BCUT2D eigenvalue weighted by Crippen LogP contribution is -2.45. The molecule has 184 valence electrons. The summed E-state index contributed by atoms with van der Waals surface area (Å²) in [5, 5.41) is 11.3. The number of benzene rings is 1. The Morgan fingerprint density at radius 1 is 1.09 bits per heavy atom. The van der Waals surface area contributed by atoms with Crippen molar-refractivity contribution < 1.29 is 22.7 Å². The third-order valence-electron chi connectivity index (χ3n) is 6.49. The molecule has 35 heavy (non-hydrogen) atoms. The lowest BCUT2D eigenvalue weighted by Gasteiger charge is -2.28. The first kappa shape index (κ1) is 23.6. The molecule has 0 spiro atoms. The lowest BCUT2D eigenvalue weighted by atomic mass is 9.86. The van der Waals surface area contributed by atoms with Crippen LogP contribution in [-0.4, -0.2) is 44.0 Å². The van der Waals surface area contributed by atoms with Crippen LogP contribution in [0.25, 0.3) is 5.69 Å². The van der Waals surface area contributed by atoms with Gasteiger partial charge in [0.15, 0.2) is 0 Å². The molecule has 0 radical (unpaired) electrons. The minimum Gasteiger partial charge on any atom is -0.474 e. The average Bonchev–Trinajstić information content (AvgIpc) is 3.16. The second-order valence-electron chi connectivity index (χ2n) is 8.92. The molecule has 1 fully saturated rings. The van der Waals surface area contributed by atoms with Gasteiger partial charge in [0.25, 0.3) is 0 Å². The number of nitrogens with one attached hydrogen (secondary N) is 1. The molecule has 11 heteroatoms. The van der Waals surface area contributed by atoms with E-state index in [2.05, 4.69) is 20.5 Å². The standard InChI is InChI=1S/C24H23ClF3N5O2/c25-16-6-9-19-15(11-16)12-17(30-23(34)24(26,27)28)13-20-31-32-22(33(19)20)14-4-7-18(8-5-14)35-21-3-1-2-10-29-21/h1-3,6,9-11,14,17-18H,4-5,7-8,12-13H2,(H,30,34)/t14-,17-,18-/m1/s1. The van der Waals surface area contributed by atoms with Crippen molar-refractivity contribution in [3.8, 4) is 11.6 Å². The highest BCUT2D eigenvalue weighted by atomic mass is 35.5. The summed E-state index contributed by atoms with van der Waals surface area (Å²) in [6.45, 7) is 0. The van der Waals surface area contributed by atoms with Crippen LogP contribution < -0.4 is 10.1 Å². The molecule has 5 rings (SSSR count). The number of amides is 1. The van der Waals surface area contributed by atoms with Gasteiger partial charge in [-0.1, -0.05) is 17.7 Å². The first-order valence-electron chi connectivity index (χ1n) is 11.5. The third-order valence-corrected chi connectivity index (χ3v) is 6.73. The van der Waals surface area contributed by atoms with Gasteiger partial charge in [-0.2, -0.15) is 13.2 Å². The summed E-state index contributed by atoms with van der Waals surface area (Å²) in [4.78, 5) is 15.9. The maximum absolute atomic E-state index is 12.9. The molecule has 0 bridgehead atoms. The number of rotatable bonds is 4. The number of pyridine rings is 1. The maximum atomic E-state index is 12.9. The quantitative estimate of drug-likeness (QED) is 0.562. The lowest BCUT2D eigenvalue weighted by molar-refractivity contribution is -0.174. The van der Waals surface area contributed by atoms with Gasteiger partial charge >= 0.3 is 12.1 Å². The van der Waals surface area contributed by atoms with Gasteiger partial charge in [-0.25, -0.2) is 4.98 Å². The van der Waals surface area contributed by atoms with Crippen LogP contribution in [0.5, 0.6) is 5.88 Å². The van der Waals surface area contributed by atoms with Crippen molar-refractivity contribution in [3.63, 3.8) is 0 Å². The van der Waals surface area contributed by atoms with Crippen molar-refractivity contribution in [3.05, 3.63) is 64.8 Å². The number of hydrogen-bond donors (Lipinski definition) is 1. The number of fused-ring (bicyclic) bond motifs is 3. The fourth-order valence-electron chi connectivity index (χ4n) is 4.88. The normalized spacial score (nSPS) is 22.0. The Balaban J connectivity index is 1.39. The smallest absolute Gasteiger partial charge is 0.471 e. The first-order chi connectivity index (χ1) is 16.8. The average molecular weight is 506 g/mol. The van der Waals surface area contributed by atoms with Crippen LogP contribution >= 0.6 is 11.6 Å². The van der Waals surface area contributed by atoms with Gasteiger partial charge in [0.05, 0.1) is 5.69 Å². The summed E-state index contributed by atoms with van der Waals surface area (Å²) < 4.78 is 46.6. The van der Waals surface area contributed by atoms with Gasteiger partial charge in [-0.3, -0.25) is 9.36 Å². The fraction of sp³-hybridized carbons (Fsp3) is 0.417. The minimum absolute atomic E-state index is 0.0562. The summed E-state index contributed by atoms with van der Waals surface area (Å²) in [6.07, 6.45) is 0.409. The van der Waals surface area contributed by atoms with Gasteiger partial charge in [0.2, 0.25) is 5.88 Å². The molecule has 0 saturated heterocycles. The number of hydrogen-bond acceptors (Lipinski definition) is 5. The molecule has 2 aromatic heterocycles. The molecule has 2 aliphatic rings. The molecule has 1 aliphatic carbocycles. The second kappa shape index (κ2) is 9.49. The zero-order valence-electron chi connectivity index (χ0n) is 18.6. The largest absolute Gasteiger partial charge is 0.474 e. The number of aromatic nitrogens is 4. The fourth-order valence-corrected chi connectivity index (χ4v) is 5.07. The van der Waals surface area contributed by atoms with Crippen LogP contribution in [0.15, 0.2) is 42.6 Å². The molecule has 1 N–H and O–H groups in total. The Morgan fingerprint density at radius 2 is 1.89 bits per heavy atom. The minimum atomic E-state index is -4.96. The Kier molecular flexibility index (Phi) is 6.39. The highest BCUT2D eigenvalue weighted by Gasteiger charge is 2.40. The van der Waals surface area contributed by atoms with Gasteiger partial charge in [-0.05, 0) is 61.9 Å². The van der Waals surface area contributed by atoms with Gasteiger partial charge < -0.3 is 10.1 Å². The summed E-state index contributed by atoms with van der Waals surface area (Å²) >= 11 is 6.20. The van der Waals surface area contributed by atoms with Crippen molar-refractivity contribution in [2.75, 3.05) is 0 Å². The molecule has 0 unspecified atom stereocenters. The van der Waals surface area contributed by atoms with E-state index < -0.39 is 18.1 Å². The van der Waals surface area contributed by atoms with E-state index in [4.69, 9.17) is 16.3 Å². The van der Waals surface area contributed by atoms with Gasteiger partial charge in [-0.15, -0.1) is 10.2 Å². The van der Waals surface area contributed by atoms with E-state index in [0.717, 1.165) is 42.8 Å². The molecule has 3 aromatic rings. The molecule has 1 aliphatic heterocycles. The van der Waals surface area contributed by atoms with E-state index in [1.165, 1.54) is 0 Å². The zero-order valence-corrected chi connectivity index (χ0v) is 19.4. The topological polar surface area (TPSA) is 81.9 Å². The van der Waals surface area contributed by atoms with Gasteiger partial charge in [0.1, 0.15) is 17.8 Å². The number of alkyl halides is 3. The number of carbonyl (C=O) groups is 1. The van der Waals surface area contributed by atoms with E-state index in [0.29, 0.717) is 16.7 Å².